The number of hydrogen-bond acceptors (Lipinski definition) is 6. The van der Waals surface area contributed by atoms with Gasteiger partial charge in [0.25, 0.3) is 0 Å². The van der Waals surface area contributed by atoms with Gasteiger partial charge in [-0.2, -0.15) is 4.31 Å². The molecule has 0 radical (unpaired) electrons. The molecule has 1 aromatic carbocycles. The van der Waals surface area contributed by atoms with Gasteiger partial charge in [-0.05, 0) is 25.0 Å². The van der Waals surface area contributed by atoms with Gasteiger partial charge in [-0.15, -0.1) is 11.3 Å². The van der Waals surface area contributed by atoms with E-state index in [2.05, 4.69) is 15.6 Å². The Morgan fingerprint density at radius 2 is 1.89 bits per heavy atom. The molecule has 1 aromatic heterocycles. The number of rotatable bonds is 6. The molecule has 1 fully saturated rings. The van der Waals surface area contributed by atoms with Crippen molar-refractivity contribution in [1.82, 2.24) is 14.6 Å². The molecule has 3 rings (SSSR count). The number of nitrogens with one attached hydrogen (secondary N) is 2. The maximum Gasteiger partial charge on any atom is 0.245 e. The fourth-order valence-corrected chi connectivity index (χ4v) is 4.90. The van der Waals surface area contributed by atoms with Crippen LogP contribution in [0, 0.1) is 5.92 Å². The molecular weight excluding hydrogens is 388 g/mol. The van der Waals surface area contributed by atoms with Crippen LogP contribution in [-0.2, 0) is 19.6 Å². The monoisotopic (exact) mass is 408 g/mol. The normalized spacial score (nSPS) is 16.0. The summed E-state index contributed by atoms with van der Waals surface area (Å²) in [5.41, 5.74) is 0. The minimum absolute atomic E-state index is 0.138. The first-order chi connectivity index (χ1) is 13.0. The van der Waals surface area contributed by atoms with Gasteiger partial charge < -0.3 is 10.6 Å². The summed E-state index contributed by atoms with van der Waals surface area (Å²) < 4.78 is 26.6. The maximum absolute atomic E-state index is 12.6. The van der Waals surface area contributed by atoms with Crippen molar-refractivity contribution in [3.63, 3.8) is 0 Å². The first-order valence-corrected chi connectivity index (χ1v) is 10.8. The second-order valence-corrected chi connectivity index (χ2v) is 8.93. The van der Waals surface area contributed by atoms with Gasteiger partial charge in [-0.1, -0.05) is 18.2 Å². The largest absolute Gasteiger partial charge is 0.347 e. The number of piperidine rings is 1. The number of aromatic nitrogens is 1. The van der Waals surface area contributed by atoms with Gasteiger partial charge in [0.15, 0.2) is 5.13 Å². The Bertz CT molecular complexity index is 877. The molecule has 1 aliphatic rings. The number of carbonyl (C=O) groups excluding carboxylic acids is 2. The highest BCUT2D eigenvalue weighted by atomic mass is 32.2. The van der Waals surface area contributed by atoms with Gasteiger partial charge >= 0.3 is 0 Å². The lowest BCUT2D eigenvalue weighted by Crippen LogP contribution is -2.44. The molecule has 8 nitrogen and oxygen atoms in total. The Morgan fingerprint density at radius 1 is 1.19 bits per heavy atom. The topological polar surface area (TPSA) is 108 Å². The van der Waals surface area contributed by atoms with Crippen molar-refractivity contribution >= 4 is 38.3 Å². The molecule has 0 bridgehead atoms. The zero-order valence-corrected chi connectivity index (χ0v) is 16.1. The fourth-order valence-electron chi connectivity index (χ4n) is 2.86. The summed E-state index contributed by atoms with van der Waals surface area (Å²) in [4.78, 5) is 28.2. The molecule has 144 valence electrons. The van der Waals surface area contributed by atoms with Crippen molar-refractivity contribution in [2.75, 3.05) is 25.0 Å². The number of benzene rings is 1. The highest BCUT2D eigenvalue weighted by molar-refractivity contribution is 7.89. The number of anilines is 1. The molecule has 2 aromatic rings. The second kappa shape index (κ2) is 8.59. The lowest BCUT2D eigenvalue weighted by Gasteiger charge is -2.30. The Balaban J connectivity index is 1.47. The standard InChI is InChI=1S/C17H20N4O4S2/c22-15(20-17-18-8-11-26-17)12-19-16(23)13-6-9-21(10-7-13)27(24,25)14-4-2-1-3-5-14/h1-5,8,11,13H,6-7,9-10,12H2,(H,19,23)(H,18,20,22). The SMILES string of the molecule is O=C(CNC(=O)C1CCN(S(=O)(=O)c2ccccc2)CC1)Nc1nccs1. The molecule has 0 aliphatic carbocycles. The van der Waals surface area contributed by atoms with Crippen LogP contribution >= 0.6 is 11.3 Å². The molecule has 0 unspecified atom stereocenters. The zero-order chi connectivity index (χ0) is 19.3. The lowest BCUT2D eigenvalue weighted by atomic mass is 9.97. The maximum atomic E-state index is 12.6. The molecule has 1 saturated heterocycles. The average molecular weight is 409 g/mol. The number of carbonyl (C=O) groups is 2. The fraction of sp³-hybridized carbons (Fsp3) is 0.353. The van der Waals surface area contributed by atoms with Crippen LogP contribution in [0.2, 0.25) is 0 Å². The summed E-state index contributed by atoms with van der Waals surface area (Å²) in [6.45, 7) is 0.419. The molecule has 0 saturated carbocycles. The third-order valence-corrected chi connectivity index (χ3v) is 6.91. The first-order valence-electron chi connectivity index (χ1n) is 8.49. The van der Waals surface area contributed by atoms with E-state index in [9.17, 15) is 18.0 Å². The summed E-state index contributed by atoms with van der Waals surface area (Å²) in [5.74, 6) is -0.886. The summed E-state index contributed by atoms with van der Waals surface area (Å²) in [6, 6.07) is 8.26. The van der Waals surface area contributed by atoms with E-state index < -0.39 is 10.0 Å². The van der Waals surface area contributed by atoms with E-state index in [1.807, 2.05) is 0 Å². The Morgan fingerprint density at radius 3 is 2.52 bits per heavy atom. The molecule has 2 heterocycles. The van der Waals surface area contributed by atoms with Gasteiger partial charge in [0.05, 0.1) is 11.4 Å². The van der Waals surface area contributed by atoms with Crippen molar-refractivity contribution < 1.29 is 18.0 Å². The van der Waals surface area contributed by atoms with E-state index in [1.54, 1.807) is 41.9 Å². The molecule has 2 amide bonds. The van der Waals surface area contributed by atoms with Crippen LogP contribution in [-0.4, -0.2) is 49.2 Å². The smallest absolute Gasteiger partial charge is 0.245 e. The van der Waals surface area contributed by atoms with E-state index >= 15 is 0 Å². The Labute approximate surface area is 161 Å². The summed E-state index contributed by atoms with van der Waals surface area (Å²) in [6.07, 6.45) is 2.42. The zero-order valence-electron chi connectivity index (χ0n) is 14.5. The van der Waals surface area contributed by atoms with E-state index in [1.165, 1.54) is 15.6 Å². The second-order valence-electron chi connectivity index (χ2n) is 6.09. The predicted molar refractivity (Wildman–Crippen MR) is 102 cm³/mol. The third-order valence-electron chi connectivity index (χ3n) is 4.31. The lowest BCUT2D eigenvalue weighted by molar-refractivity contribution is -0.128. The summed E-state index contributed by atoms with van der Waals surface area (Å²) in [7, 11) is -3.53. The molecule has 10 heteroatoms. The van der Waals surface area contributed by atoms with Crippen LogP contribution in [0.3, 0.4) is 0 Å². The van der Waals surface area contributed by atoms with Crippen LogP contribution in [0.4, 0.5) is 5.13 Å². The molecule has 2 N–H and O–H groups in total. The van der Waals surface area contributed by atoms with Crippen molar-refractivity contribution in [2.24, 2.45) is 5.92 Å². The highest BCUT2D eigenvalue weighted by Crippen LogP contribution is 2.23. The van der Waals surface area contributed by atoms with Crippen LogP contribution in [0.1, 0.15) is 12.8 Å². The number of nitrogens with zero attached hydrogens (tertiary/aromatic N) is 2. The van der Waals surface area contributed by atoms with Crippen molar-refractivity contribution in [1.29, 1.82) is 0 Å². The molecular formula is C17H20N4O4S2. The average Bonchev–Trinajstić information content (AvgIpc) is 3.20. The third kappa shape index (κ3) is 4.90. The van der Waals surface area contributed by atoms with Crippen molar-refractivity contribution in [3.05, 3.63) is 41.9 Å². The molecule has 27 heavy (non-hydrogen) atoms. The summed E-state index contributed by atoms with van der Waals surface area (Å²) >= 11 is 1.30. The first kappa shape index (κ1) is 19.5. The number of amides is 2. The van der Waals surface area contributed by atoms with Gasteiger partial charge in [0, 0.05) is 30.6 Å². The summed E-state index contributed by atoms with van der Waals surface area (Å²) in [5, 5.41) is 7.42. The van der Waals surface area contributed by atoms with Crippen LogP contribution in [0.15, 0.2) is 46.8 Å². The van der Waals surface area contributed by atoms with Gasteiger partial charge in [-0.25, -0.2) is 13.4 Å². The predicted octanol–water partition coefficient (Wildman–Crippen LogP) is 1.30. The Hall–Kier alpha value is -2.30. The molecule has 0 spiro atoms. The quantitative estimate of drug-likeness (QED) is 0.749. The Kier molecular flexibility index (Phi) is 6.19. The van der Waals surface area contributed by atoms with E-state index in [0.717, 1.165) is 0 Å². The number of sulfonamides is 1. The number of hydrogen-bond donors (Lipinski definition) is 2. The van der Waals surface area contributed by atoms with Gasteiger partial charge in [0.2, 0.25) is 21.8 Å². The number of thiazole rings is 1. The van der Waals surface area contributed by atoms with Crippen molar-refractivity contribution in [3.8, 4) is 0 Å². The minimum Gasteiger partial charge on any atom is -0.347 e. The van der Waals surface area contributed by atoms with E-state index in [4.69, 9.17) is 0 Å². The van der Waals surface area contributed by atoms with E-state index in [0.29, 0.717) is 18.0 Å². The van der Waals surface area contributed by atoms with Gasteiger partial charge in [-0.3, -0.25) is 9.59 Å². The van der Waals surface area contributed by atoms with E-state index in [-0.39, 0.29) is 42.3 Å². The van der Waals surface area contributed by atoms with Gasteiger partial charge in [0.1, 0.15) is 0 Å². The van der Waals surface area contributed by atoms with Crippen LogP contribution < -0.4 is 10.6 Å². The highest BCUT2D eigenvalue weighted by Gasteiger charge is 2.32. The van der Waals surface area contributed by atoms with Crippen molar-refractivity contribution in [2.45, 2.75) is 17.7 Å². The van der Waals surface area contributed by atoms with Crippen LogP contribution in [0.5, 0.6) is 0 Å². The molecule has 1 aliphatic heterocycles. The van der Waals surface area contributed by atoms with Crippen LogP contribution in [0.25, 0.3) is 0 Å². The minimum atomic E-state index is -3.53. The molecule has 0 atom stereocenters.